The van der Waals surface area contributed by atoms with Gasteiger partial charge < -0.3 is 20.3 Å². The van der Waals surface area contributed by atoms with Crippen molar-refractivity contribution < 1.29 is 18.4 Å². The van der Waals surface area contributed by atoms with E-state index in [0.29, 0.717) is 28.0 Å². The number of carbonyl (C=O) groups excluding carboxylic acids is 1. The topological polar surface area (TPSA) is 122 Å². The van der Waals surface area contributed by atoms with Gasteiger partial charge in [-0.3, -0.25) is 4.79 Å². The zero-order chi connectivity index (χ0) is 24.0. The molecular weight excluding hydrogens is 478 g/mol. The number of hydrogen-bond donors (Lipinski definition) is 2. The molecule has 0 bridgehead atoms. The van der Waals surface area contributed by atoms with Crippen LogP contribution in [0.5, 0.6) is 0 Å². The van der Waals surface area contributed by atoms with E-state index in [1.807, 2.05) is 23.4 Å². The molecule has 13 heteroatoms. The lowest BCUT2D eigenvalue weighted by atomic mass is 10.3. The van der Waals surface area contributed by atoms with E-state index in [1.54, 1.807) is 25.4 Å². The Kier molecular flexibility index (Phi) is 5.73. The molecule has 2 aromatic heterocycles. The molecule has 0 spiro atoms. The van der Waals surface area contributed by atoms with Crippen LogP contribution in [-0.4, -0.2) is 79.1 Å². The number of piperazine rings is 1. The number of benzene rings is 1. The molecule has 5 rings (SSSR count). The average Bonchev–Trinajstić information content (AvgIpc) is 3.31. The van der Waals surface area contributed by atoms with E-state index in [0.717, 1.165) is 10.8 Å². The maximum absolute atomic E-state index is 12.9. The smallest absolute Gasteiger partial charge is 0.270 e. The van der Waals surface area contributed by atoms with E-state index in [-0.39, 0.29) is 37.0 Å². The third kappa shape index (κ3) is 3.91. The largest absolute Gasteiger partial charge is 0.326 e. The molecule has 178 valence electrons. The molecule has 34 heavy (non-hydrogen) atoms. The van der Waals surface area contributed by atoms with Crippen molar-refractivity contribution in [1.82, 2.24) is 19.3 Å². The molecule has 3 aromatic rings. The summed E-state index contributed by atoms with van der Waals surface area (Å²) in [6.45, 7) is 1.02. The van der Waals surface area contributed by atoms with Crippen LogP contribution in [0.1, 0.15) is 9.67 Å². The molecule has 0 atom stereocenters. The first kappa shape index (κ1) is 22.7. The Morgan fingerprint density at radius 3 is 2.41 bits per heavy atom. The normalized spacial score (nSPS) is 17.3. The minimum absolute atomic E-state index is 0.114. The predicted molar refractivity (Wildman–Crippen MR) is 129 cm³/mol. The highest BCUT2D eigenvalue weighted by atomic mass is 32.2. The zero-order valence-corrected chi connectivity index (χ0v) is 20.2. The molecule has 2 N–H and O–H groups in total. The number of hydroxylamine groups is 2. The molecule has 1 aromatic carbocycles. The van der Waals surface area contributed by atoms with E-state index in [1.165, 1.54) is 32.7 Å². The summed E-state index contributed by atoms with van der Waals surface area (Å²) in [7, 11) is -0.0940. The fraction of sp³-hybridized carbons (Fsp3) is 0.286. The third-order valence-corrected chi connectivity index (χ3v) is 8.70. The molecule has 0 unspecified atom stereocenters. The second kappa shape index (κ2) is 8.60. The molecule has 1 amide bonds. The molecule has 1 saturated heterocycles. The lowest BCUT2D eigenvalue weighted by Crippen LogP contribution is -2.47. The number of hydrogen-bond acceptors (Lipinski definition) is 10. The Balaban J connectivity index is 1.38. The summed E-state index contributed by atoms with van der Waals surface area (Å²) in [4.78, 5) is 26.0. The van der Waals surface area contributed by atoms with Crippen molar-refractivity contribution in [2.24, 2.45) is 0 Å². The van der Waals surface area contributed by atoms with Crippen molar-refractivity contribution in [2.45, 2.75) is 4.90 Å². The van der Waals surface area contributed by atoms with Gasteiger partial charge in [-0.2, -0.15) is 14.4 Å². The second-order valence-electron chi connectivity index (χ2n) is 7.97. The number of carbonyl (C=O) groups is 1. The van der Waals surface area contributed by atoms with Crippen LogP contribution in [0.3, 0.4) is 0 Å². The molecule has 0 saturated carbocycles. The molecule has 4 heterocycles. The maximum atomic E-state index is 12.9. The van der Waals surface area contributed by atoms with Crippen LogP contribution >= 0.6 is 11.3 Å². The Hall–Kier alpha value is -3.10. The number of thiophene rings is 1. The number of rotatable bonds is 4. The minimum atomic E-state index is -3.64. The number of nitrogens with one attached hydrogen (secondary N) is 1. The number of anilines is 5. The van der Waals surface area contributed by atoms with Crippen LogP contribution in [0.4, 0.5) is 28.8 Å². The van der Waals surface area contributed by atoms with Gasteiger partial charge in [0, 0.05) is 46.0 Å². The Morgan fingerprint density at radius 2 is 1.71 bits per heavy atom. The summed E-state index contributed by atoms with van der Waals surface area (Å²) in [5.41, 5.74) is 1.99. The van der Waals surface area contributed by atoms with Crippen molar-refractivity contribution in [1.29, 1.82) is 0 Å². The van der Waals surface area contributed by atoms with Crippen molar-refractivity contribution >= 4 is 56.1 Å². The third-order valence-electron chi connectivity index (χ3n) is 5.90. The number of amides is 1. The summed E-state index contributed by atoms with van der Waals surface area (Å²) >= 11 is 1.38. The highest BCUT2D eigenvalue weighted by molar-refractivity contribution is 7.89. The van der Waals surface area contributed by atoms with Gasteiger partial charge in [0.1, 0.15) is 10.6 Å². The van der Waals surface area contributed by atoms with Gasteiger partial charge in [-0.25, -0.2) is 13.4 Å². The van der Waals surface area contributed by atoms with E-state index in [4.69, 9.17) is 0 Å². The van der Waals surface area contributed by atoms with Crippen molar-refractivity contribution in [3.63, 3.8) is 0 Å². The first-order valence-corrected chi connectivity index (χ1v) is 12.8. The summed E-state index contributed by atoms with van der Waals surface area (Å²) in [5.74, 6) is 0.782. The minimum Gasteiger partial charge on any atom is -0.326 e. The molecule has 2 aliphatic heterocycles. The molecule has 2 aliphatic rings. The van der Waals surface area contributed by atoms with Crippen LogP contribution in [0.25, 0.3) is 0 Å². The van der Waals surface area contributed by atoms with Crippen LogP contribution in [0.15, 0.2) is 46.8 Å². The monoisotopic (exact) mass is 501 g/mol. The Labute approximate surface area is 200 Å². The van der Waals surface area contributed by atoms with Gasteiger partial charge in [0.25, 0.3) is 5.91 Å². The van der Waals surface area contributed by atoms with E-state index >= 15 is 0 Å². The molecule has 1 fully saturated rings. The standard InChI is InChI=1S/C21H23N7O4S2/c1-25-16-7-12-33-18(16)20(29)26(2)17-13-22-21(24-19(17)25)23-14-3-5-15(6-4-14)34(31,32)28-10-8-27(30)9-11-28/h3-7,12-13,30H,8-11H2,1-2H3,(H,22,23,24). The lowest BCUT2D eigenvalue weighted by Gasteiger charge is -2.30. The molecule has 0 aliphatic carbocycles. The first-order chi connectivity index (χ1) is 16.3. The van der Waals surface area contributed by atoms with Crippen molar-refractivity contribution in [3.8, 4) is 0 Å². The van der Waals surface area contributed by atoms with Gasteiger partial charge in [0.05, 0.1) is 16.8 Å². The quantitative estimate of drug-likeness (QED) is 0.555. The SMILES string of the molecule is CN1C(=O)c2sccc2N(C)c2nc(Nc3ccc(S(=O)(=O)N4CCN(O)CC4)cc3)ncc21. The Morgan fingerprint density at radius 1 is 1.00 bits per heavy atom. The van der Waals surface area contributed by atoms with Crippen molar-refractivity contribution in [3.05, 3.63) is 46.8 Å². The van der Waals surface area contributed by atoms with Gasteiger partial charge in [0.2, 0.25) is 16.0 Å². The number of aromatic nitrogens is 2. The molecule has 0 radical (unpaired) electrons. The fourth-order valence-corrected chi connectivity index (χ4v) is 6.24. The maximum Gasteiger partial charge on any atom is 0.270 e. The van der Waals surface area contributed by atoms with Gasteiger partial charge in [-0.05, 0) is 35.7 Å². The number of fused-ring (bicyclic) bond motifs is 2. The van der Waals surface area contributed by atoms with Crippen LogP contribution < -0.4 is 15.1 Å². The summed E-state index contributed by atoms with van der Waals surface area (Å²) < 4.78 is 27.1. The molecule has 11 nitrogen and oxygen atoms in total. The fourth-order valence-electron chi connectivity index (χ4n) is 3.92. The number of nitrogens with zero attached hydrogens (tertiary/aromatic N) is 6. The molecular formula is C21H23N7O4S2. The lowest BCUT2D eigenvalue weighted by molar-refractivity contribution is -0.108. The highest BCUT2D eigenvalue weighted by Gasteiger charge is 2.30. The van der Waals surface area contributed by atoms with Crippen LogP contribution in [-0.2, 0) is 10.0 Å². The van der Waals surface area contributed by atoms with Gasteiger partial charge >= 0.3 is 0 Å². The summed E-state index contributed by atoms with van der Waals surface area (Å²) in [6, 6.07) is 8.25. The van der Waals surface area contributed by atoms with Crippen LogP contribution in [0, 0.1) is 0 Å². The number of sulfonamides is 1. The van der Waals surface area contributed by atoms with Gasteiger partial charge in [-0.1, -0.05) is 0 Å². The van der Waals surface area contributed by atoms with E-state index < -0.39 is 10.0 Å². The summed E-state index contributed by atoms with van der Waals surface area (Å²) in [6.07, 6.45) is 1.59. The second-order valence-corrected chi connectivity index (χ2v) is 10.8. The van der Waals surface area contributed by atoms with Gasteiger partial charge in [-0.15, -0.1) is 11.3 Å². The van der Waals surface area contributed by atoms with E-state index in [2.05, 4.69) is 15.3 Å². The van der Waals surface area contributed by atoms with E-state index in [9.17, 15) is 18.4 Å². The van der Waals surface area contributed by atoms with Gasteiger partial charge in [0.15, 0.2) is 5.82 Å². The summed E-state index contributed by atoms with van der Waals surface area (Å²) in [5, 5.41) is 15.6. The Bertz CT molecular complexity index is 1340. The zero-order valence-electron chi connectivity index (χ0n) is 18.5. The van der Waals surface area contributed by atoms with Crippen LogP contribution in [0.2, 0.25) is 0 Å². The average molecular weight is 502 g/mol. The first-order valence-electron chi connectivity index (χ1n) is 10.5. The predicted octanol–water partition coefficient (Wildman–Crippen LogP) is 2.34. The van der Waals surface area contributed by atoms with Crippen molar-refractivity contribution in [2.75, 3.05) is 55.4 Å². The highest BCUT2D eigenvalue weighted by Crippen LogP contribution is 2.40.